The summed E-state index contributed by atoms with van der Waals surface area (Å²) in [6, 6.07) is 0. The highest BCUT2D eigenvalue weighted by Crippen LogP contribution is 2.49. The van der Waals surface area contributed by atoms with Crippen molar-refractivity contribution in [1.82, 2.24) is 9.80 Å². The van der Waals surface area contributed by atoms with Crippen molar-refractivity contribution in [1.29, 1.82) is 0 Å². The summed E-state index contributed by atoms with van der Waals surface area (Å²) in [4.78, 5) is 3.54. The minimum Gasteiger partial charge on any atom is -0.352 e. The average molecular weight is 194 g/mol. The molecule has 2 unspecified atom stereocenters. The van der Waals surface area contributed by atoms with Crippen LogP contribution in [0.15, 0.2) is 36.3 Å². The topological polar surface area (TPSA) is 6.48 Å². The van der Waals surface area contributed by atoms with Crippen molar-refractivity contribution in [2.45, 2.75) is 25.7 Å². The second-order valence-corrected chi connectivity index (χ2v) is 3.91. The van der Waals surface area contributed by atoms with Gasteiger partial charge in [-0.3, -0.25) is 0 Å². The zero-order chi connectivity index (χ0) is 15.0. The van der Waals surface area contributed by atoms with Crippen LogP contribution < -0.4 is 0 Å². The van der Waals surface area contributed by atoms with Gasteiger partial charge in [0.2, 0.25) is 0 Å². The molecule has 2 heteroatoms. The Morgan fingerprint density at radius 2 is 2.64 bits per heavy atom. The average Bonchev–Trinajstić information content (AvgIpc) is 2.71. The molecule has 0 radical (unpaired) electrons. The largest absolute Gasteiger partial charge is 0.352 e. The van der Waals surface area contributed by atoms with Crippen molar-refractivity contribution >= 4 is 0 Å². The van der Waals surface area contributed by atoms with E-state index in [0.29, 0.717) is 6.67 Å². The number of hydrogen-bond donors (Lipinski definition) is 0. The summed E-state index contributed by atoms with van der Waals surface area (Å²) in [5.74, 6) is -2.12. The van der Waals surface area contributed by atoms with E-state index in [4.69, 9.17) is 8.22 Å². The molecule has 1 aliphatic carbocycles. The Labute approximate surface area is 93.6 Å². The predicted octanol–water partition coefficient (Wildman–Crippen LogP) is 2.28. The molecule has 0 aromatic rings. The van der Waals surface area contributed by atoms with Gasteiger partial charge in [-0.1, -0.05) is 12.9 Å². The van der Waals surface area contributed by atoms with E-state index in [1.54, 1.807) is 11.1 Å². The summed E-state index contributed by atoms with van der Waals surface area (Å²) in [6.45, 7) is -0.781. The van der Waals surface area contributed by atoms with Crippen LogP contribution in [0.5, 0.6) is 0 Å². The molecule has 0 aromatic carbocycles. The van der Waals surface area contributed by atoms with Crippen LogP contribution in [-0.4, -0.2) is 22.0 Å². The van der Waals surface area contributed by atoms with Crippen molar-refractivity contribution in [3.63, 3.8) is 0 Å². The van der Waals surface area contributed by atoms with Gasteiger partial charge in [-0.05, 0) is 31.3 Å². The molecule has 0 bridgehead atoms. The fourth-order valence-corrected chi connectivity index (χ4v) is 1.80. The molecule has 1 saturated carbocycles. The zero-order valence-electron chi connectivity index (χ0n) is 14.0. The minimum absolute atomic E-state index is 0.364. The molecule has 2 nitrogen and oxygen atoms in total. The molecule has 0 aromatic heterocycles. The first kappa shape index (κ1) is 4.13. The van der Waals surface area contributed by atoms with Crippen LogP contribution in [0.1, 0.15) is 28.4 Å². The molecule has 74 valence electrons. The van der Waals surface area contributed by atoms with Crippen LogP contribution in [0, 0.1) is 5.89 Å². The molecule has 0 saturated heterocycles. The first-order chi connectivity index (χ1) is 9.07. The summed E-state index contributed by atoms with van der Waals surface area (Å²) in [5, 5.41) is 0. The Bertz CT molecular complexity index is 549. The van der Waals surface area contributed by atoms with Crippen LogP contribution in [-0.2, 0) is 0 Å². The van der Waals surface area contributed by atoms with Crippen molar-refractivity contribution in [3.8, 4) is 0 Å². The van der Waals surface area contributed by atoms with E-state index in [2.05, 4.69) is 0 Å². The SMILES string of the molecule is [2H]C([2H])([2H])C1([2H])C([2H])([2H])C1(C)N1C=C2C=CC=CN2C1. The normalized spacial score (nSPS) is 54.8. The van der Waals surface area contributed by atoms with Gasteiger partial charge in [0, 0.05) is 26.2 Å². The Kier molecular flexibility index (Phi) is 0.720. The van der Waals surface area contributed by atoms with Crippen molar-refractivity contribution in [2.24, 2.45) is 5.89 Å². The van der Waals surface area contributed by atoms with E-state index in [-0.39, 0.29) is 0 Å². The lowest BCUT2D eigenvalue weighted by molar-refractivity contribution is 0.223. The lowest BCUT2D eigenvalue weighted by Crippen LogP contribution is -2.33. The molecule has 14 heavy (non-hydrogen) atoms. The van der Waals surface area contributed by atoms with Gasteiger partial charge in [0.25, 0.3) is 0 Å². The molecule has 0 amide bonds. The van der Waals surface area contributed by atoms with E-state index in [1.165, 1.54) is 6.92 Å². The number of rotatable bonds is 1. The highest BCUT2D eigenvalue weighted by atomic mass is 15.4. The Hall–Kier alpha value is -1.18. The smallest absolute Gasteiger partial charge is 0.0947 e. The molecule has 2 atom stereocenters. The molecule has 1 fully saturated rings. The molecule has 2 aliphatic heterocycles. The maximum atomic E-state index is 8.21. The number of allylic oxidation sites excluding steroid dienone is 3. The van der Waals surface area contributed by atoms with Gasteiger partial charge in [-0.25, -0.2) is 0 Å². The van der Waals surface area contributed by atoms with Gasteiger partial charge in [-0.2, -0.15) is 0 Å². The van der Waals surface area contributed by atoms with Gasteiger partial charge in [0.05, 0.1) is 12.4 Å². The fourth-order valence-electron chi connectivity index (χ4n) is 1.80. The molecule has 3 aliphatic rings. The number of fused-ring (bicyclic) bond motifs is 1. The van der Waals surface area contributed by atoms with Crippen molar-refractivity contribution in [2.75, 3.05) is 6.67 Å². The van der Waals surface area contributed by atoms with Crippen molar-refractivity contribution < 1.29 is 8.22 Å². The van der Waals surface area contributed by atoms with E-state index >= 15 is 0 Å². The lowest BCUT2D eigenvalue weighted by Gasteiger charge is -2.26. The van der Waals surface area contributed by atoms with E-state index in [1.807, 2.05) is 29.3 Å². The van der Waals surface area contributed by atoms with Crippen LogP contribution in [0.25, 0.3) is 0 Å². The molecule has 3 rings (SSSR count). The van der Waals surface area contributed by atoms with Gasteiger partial charge in [0.1, 0.15) is 0 Å². The first-order valence-corrected chi connectivity index (χ1v) is 4.67. The minimum atomic E-state index is -2.67. The zero-order valence-corrected chi connectivity index (χ0v) is 7.99. The fraction of sp³-hybridized carbons (Fsp3) is 0.500. The Morgan fingerprint density at radius 1 is 1.71 bits per heavy atom. The quantitative estimate of drug-likeness (QED) is 0.632. The number of hydrogen-bond acceptors (Lipinski definition) is 2. The predicted molar refractivity (Wildman–Crippen MR) is 57.1 cm³/mol. The summed E-state index contributed by atoms with van der Waals surface area (Å²) in [7, 11) is 0. The van der Waals surface area contributed by atoms with Crippen LogP contribution in [0.4, 0.5) is 0 Å². The van der Waals surface area contributed by atoms with Crippen LogP contribution in [0.2, 0.25) is 0 Å². The molecule has 0 N–H and O–H groups in total. The second-order valence-electron chi connectivity index (χ2n) is 3.91. The third-order valence-corrected chi connectivity index (χ3v) is 2.94. The van der Waals surface area contributed by atoms with E-state index in [9.17, 15) is 0 Å². The lowest BCUT2D eigenvalue weighted by atomic mass is 10.2. The molecule has 2 heterocycles. The maximum absolute atomic E-state index is 8.21. The summed E-state index contributed by atoms with van der Waals surface area (Å²) in [6.07, 6.45) is 7.11. The third-order valence-electron chi connectivity index (χ3n) is 2.94. The summed E-state index contributed by atoms with van der Waals surface area (Å²) >= 11 is 0. The number of nitrogens with zero attached hydrogens (tertiary/aromatic N) is 2. The third kappa shape index (κ3) is 0.969. The molecule has 0 spiro atoms. The molecular formula is C12H16N2. The monoisotopic (exact) mass is 194 g/mol. The van der Waals surface area contributed by atoms with Gasteiger partial charge in [-0.15, -0.1) is 0 Å². The van der Waals surface area contributed by atoms with Crippen LogP contribution in [0.3, 0.4) is 0 Å². The first-order valence-electron chi connectivity index (χ1n) is 7.67. The van der Waals surface area contributed by atoms with E-state index in [0.717, 1.165) is 5.70 Å². The van der Waals surface area contributed by atoms with Gasteiger partial charge >= 0.3 is 0 Å². The highest BCUT2D eigenvalue weighted by molar-refractivity contribution is 5.31. The Morgan fingerprint density at radius 3 is 3.36 bits per heavy atom. The van der Waals surface area contributed by atoms with Crippen molar-refractivity contribution in [3.05, 3.63) is 36.3 Å². The van der Waals surface area contributed by atoms with Gasteiger partial charge in [0.15, 0.2) is 0 Å². The highest BCUT2D eigenvalue weighted by Gasteiger charge is 2.51. The van der Waals surface area contributed by atoms with E-state index < -0.39 is 24.7 Å². The Balaban J connectivity index is 1.98. The van der Waals surface area contributed by atoms with Crippen LogP contribution >= 0.6 is 0 Å². The maximum Gasteiger partial charge on any atom is 0.0947 e. The standard InChI is InChI=1S/C12H16N2/c1-10-7-12(10,2)14-8-11-5-3-4-6-13(11)9-14/h3-6,8,10H,7,9H2,1-2H3/i1D3,7D2,10D. The molecular weight excluding hydrogens is 172 g/mol. The van der Waals surface area contributed by atoms with Gasteiger partial charge < -0.3 is 9.80 Å². The summed E-state index contributed by atoms with van der Waals surface area (Å²) in [5.41, 5.74) is -0.485. The summed E-state index contributed by atoms with van der Waals surface area (Å²) < 4.78 is 46.9. The second kappa shape index (κ2) is 2.44.